The van der Waals surface area contributed by atoms with Gasteiger partial charge < -0.3 is 14.2 Å². The molecule has 0 atom stereocenters. The molecule has 1 aliphatic heterocycles. The highest BCUT2D eigenvalue weighted by Gasteiger charge is 2.22. The molecule has 1 amide bonds. The van der Waals surface area contributed by atoms with E-state index in [9.17, 15) is 4.79 Å². The Labute approximate surface area is 103 Å². The number of hydrogen-bond donors (Lipinski definition) is 0. The summed E-state index contributed by atoms with van der Waals surface area (Å²) in [6.45, 7) is 6.72. The van der Waals surface area contributed by atoms with Crippen molar-refractivity contribution < 1.29 is 9.21 Å². The second-order valence-corrected chi connectivity index (χ2v) is 4.65. The maximum absolute atomic E-state index is 12.0. The molecule has 5 heteroatoms. The van der Waals surface area contributed by atoms with Gasteiger partial charge in [0, 0.05) is 32.2 Å². The lowest BCUT2D eigenvalue weighted by Crippen LogP contribution is -2.48. The van der Waals surface area contributed by atoms with Crippen molar-refractivity contribution in [1.29, 1.82) is 0 Å². The molecule has 16 heavy (non-hydrogen) atoms. The van der Waals surface area contributed by atoms with Gasteiger partial charge in [0.2, 0.25) is 0 Å². The second-order valence-electron chi connectivity index (χ2n) is 3.87. The lowest BCUT2D eigenvalue weighted by Gasteiger charge is -2.33. The van der Waals surface area contributed by atoms with Crippen LogP contribution in [0, 0.1) is 0 Å². The molecular weight excluding hydrogens is 272 g/mol. The molecule has 0 aromatic carbocycles. The Morgan fingerprint density at radius 1 is 1.44 bits per heavy atom. The molecule has 1 saturated heterocycles. The standard InChI is InChI=1S/C11H15BrN2O2/c1-2-13-3-5-14(6-4-13)11(15)9-7-10(12)16-8-9/h7-8H,2-6H2,1H3. The molecule has 1 aliphatic rings. The average Bonchev–Trinajstić information content (AvgIpc) is 2.75. The van der Waals surface area contributed by atoms with E-state index in [1.54, 1.807) is 6.07 Å². The Kier molecular flexibility index (Phi) is 3.66. The van der Waals surface area contributed by atoms with E-state index in [2.05, 4.69) is 27.8 Å². The summed E-state index contributed by atoms with van der Waals surface area (Å²) in [5.74, 6) is 0.0604. The first-order valence-electron chi connectivity index (χ1n) is 5.46. The number of piperazine rings is 1. The molecule has 0 unspecified atom stereocenters. The van der Waals surface area contributed by atoms with Crippen molar-refractivity contribution in [2.24, 2.45) is 0 Å². The van der Waals surface area contributed by atoms with Crippen LogP contribution >= 0.6 is 15.9 Å². The fourth-order valence-corrected chi connectivity index (χ4v) is 2.21. The van der Waals surface area contributed by atoms with Gasteiger partial charge in [-0.2, -0.15) is 0 Å². The normalized spacial score (nSPS) is 17.8. The first-order valence-corrected chi connectivity index (χ1v) is 6.25. The second kappa shape index (κ2) is 5.01. The monoisotopic (exact) mass is 286 g/mol. The van der Waals surface area contributed by atoms with Crippen molar-refractivity contribution in [2.45, 2.75) is 6.92 Å². The number of carbonyl (C=O) groups is 1. The summed E-state index contributed by atoms with van der Waals surface area (Å²) in [4.78, 5) is 16.3. The molecule has 0 aliphatic carbocycles. The molecule has 1 fully saturated rings. The van der Waals surface area contributed by atoms with Crippen molar-refractivity contribution in [3.05, 3.63) is 22.6 Å². The van der Waals surface area contributed by atoms with E-state index in [0.717, 1.165) is 32.7 Å². The maximum Gasteiger partial charge on any atom is 0.257 e. The summed E-state index contributed by atoms with van der Waals surface area (Å²) in [6, 6.07) is 1.72. The van der Waals surface area contributed by atoms with Gasteiger partial charge in [0.25, 0.3) is 5.91 Å². The predicted molar refractivity (Wildman–Crippen MR) is 64.4 cm³/mol. The van der Waals surface area contributed by atoms with Crippen LogP contribution in [0.5, 0.6) is 0 Å². The number of likely N-dealkylation sites (N-methyl/N-ethyl adjacent to an activating group) is 1. The van der Waals surface area contributed by atoms with Crippen molar-refractivity contribution in [3.8, 4) is 0 Å². The summed E-state index contributed by atoms with van der Waals surface area (Å²) >= 11 is 3.20. The number of hydrogen-bond acceptors (Lipinski definition) is 3. The van der Waals surface area contributed by atoms with E-state index < -0.39 is 0 Å². The molecule has 0 spiro atoms. The highest BCUT2D eigenvalue weighted by Crippen LogP contribution is 2.16. The number of rotatable bonds is 2. The van der Waals surface area contributed by atoms with E-state index in [0.29, 0.717) is 10.2 Å². The minimum Gasteiger partial charge on any atom is -0.457 e. The van der Waals surface area contributed by atoms with Crippen LogP contribution in [0.2, 0.25) is 0 Å². The molecular formula is C11H15BrN2O2. The first-order chi connectivity index (χ1) is 7.70. The van der Waals surface area contributed by atoms with Gasteiger partial charge >= 0.3 is 0 Å². The number of amides is 1. The molecule has 0 radical (unpaired) electrons. The van der Waals surface area contributed by atoms with E-state index >= 15 is 0 Å². The summed E-state index contributed by atoms with van der Waals surface area (Å²) in [6.07, 6.45) is 1.50. The van der Waals surface area contributed by atoms with E-state index in [4.69, 9.17) is 4.42 Å². The lowest BCUT2D eigenvalue weighted by atomic mass is 10.2. The van der Waals surface area contributed by atoms with E-state index in [1.165, 1.54) is 6.26 Å². The SMILES string of the molecule is CCN1CCN(C(=O)c2coc(Br)c2)CC1. The third-order valence-electron chi connectivity index (χ3n) is 2.92. The van der Waals surface area contributed by atoms with Gasteiger partial charge in [-0.25, -0.2) is 0 Å². The van der Waals surface area contributed by atoms with Gasteiger partial charge in [-0.15, -0.1) is 0 Å². The minimum absolute atomic E-state index is 0.0604. The maximum atomic E-state index is 12.0. The quantitative estimate of drug-likeness (QED) is 0.832. The van der Waals surface area contributed by atoms with Gasteiger partial charge in [0.15, 0.2) is 4.67 Å². The zero-order chi connectivity index (χ0) is 11.5. The Hall–Kier alpha value is -0.810. The summed E-state index contributed by atoms with van der Waals surface area (Å²) in [5, 5.41) is 0. The Morgan fingerprint density at radius 2 is 2.12 bits per heavy atom. The summed E-state index contributed by atoms with van der Waals surface area (Å²) in [5.41, 5.74) is 0.622. The van der Waals surface area contributed by atoms with Gasteiger partial charge in [0.1, 0.15) is 6.26 Å². The Morgan fingerprint density at radius 3 is 2.62 bits per heavy atom. The molecule has 2 rings (SSSR count). The minimum atomic E-state index is 0.0604. The van der Waals surface area contributed by atoms with Crippen LogP contribution in [0.15, 0.2) is 21.4 Å². The van der Waals surface area contributed by atoms with Crippen LogP contribution in [0.1, 0.15) is 17.3 Å². The molecule has 0 N–H and O–H groups in total. The van der Waals surface area contributed by atoms with Gasteiger partial charge in [-0.3, -0.25) is 4.79 Å². The largest absolute Gasteiger partial charge is 0.457 e. The van der Waals surface area contributed by atoms with Crippen LogP contribution in [0.4, 0.5) is 0 Å². The number of halogens is 1. The highest BCUT2D eigenvalue weighted by molar-refractivity contribution is 9.10. The van der Waals surface area contributed by atoms with Crippen LogP contribution in [-0.2, 0) is 0 Å². The fourth-order valence-electron chi connectivity index (χ4n) is 1.87. The third-order valence-corrected chi connectivity index (χ3v) is 3.34. The predicted octanol–water partition coefficient (Wildman–Crippen LogP) is 1.82. The third kappa shape index (κ3) is 2.47. The number of nitrogens with zero attached hydrogens (tertiary/aromatic N) is 2. The van der Waals surface area contributed by atoms with Crippen molar-refractivity contribution >= 4 is 21.8 Å². The molecule has 0 saturated carbocycles. The highest BCUT2D eigenvalue weighted by atomic mass is 79.9. The van der Waals surface area contributed by atoms with Crippen LogP contribution < -0.4 is 0 Å². The summed E-state index contributed by atoms with van der Waals surface area (Å²) in [7, 11) is 0. The van der Waals surface area contributed by atoms with Crippen LogP contribution in [-0.4, -0.2) is 48.4 Å². The smallest absolute Gasteiger partial charge is 0.257 e. The van der Waals surface area contributed by atoms with Gasteiger partial charge in [-0.05, 0) is 22.5 Å². The summed E-state index contributed by atoms with van der Waals surface area (Å²) < 4.78 is 5.68. The van der Waals surface area contributed by atoms with Crippen LogP contribution in [0.25, 0.3) is 0 Å². The Bertz CT molecular complexity index is 370. The molecule has 4 nitrogen and oxygen atoms in total. The van der Waals surface area contributed by atoms with Crippen molar-refractivity contribution in [2.75, 3.05) is 32.7 Å². The number of carbonyl (C=O) groups excluding carboxylic acids is 1. The molecule has 1 aromatic heterocycles. The van der Waals surface area contributed by atoms with E-state index in [1.807, 2.05) is 4.90 Å². The number of furan rings is 1. The average molecular weight is 287 g/mol. The van der Waals surface area contributed by atoms with Crippen molar-refractivity contribution in [3.63, 3.8) is 0 Å². The lowest BCUT2D eigenvalue weighted by molar-refractivity contribution is 0.0642. The molecule has 88 valence electrons. The van der Waals surface area contributed by atoms with Crippen molar-refractivity contribution in [1.82, 2.24) is 9.80 Å². The first kappa shape index (κ1) is 11.7. The molecule has 2 heterocycles. The fraction of sp³-hybridized carbons (Fsp3) is 0.545. The zero-order valence-electron chi connectivity index (χ0n) is 9.28. The topological polar surface area (TPSA) is 36.7 Å². The zero-order valence-corrected chi connectivity index (χ0v) is 10.9. The molecule has 1 aromatic rings. The molecule has 0 bridgehead atoms. The van der Waals surface area contributed by atoms with Gasteiger partial charge in [0.05, 0.1) is 5.56 Å². The van der Waals surface area contributed by atoms with E-state index in [-0.39, 0.29) is 5.91 Å². The Balaban J connectivity index is 1.96. The van der Waals surface area contributed by atoms with Crippen LogP contribution in [0.3, 0.4) is 0 Å². The van der Waals surface area contributed by atoms with Gasteiger partial charge in [-0.1, -0.05) is 6.92 Å².